The van der Waals surface area contributed by atoms with Crippen LogP contribution in [0, 0.1) is 18.3 Å². The molecule has 8 nitrogen and oxygen atoms in total. The van der Waals surface area contributed by atoms with E-state index < -0.39 is 0 Å². The Morgan fingerprint density at radius 2 is 2.22 bits per heavy atom. The van der Waals surface area contributed by atoms with Crippen molar-refractivity contribution < 1.29 is 0 Å². The standard InChI is InChI=1S/C19H20N8/c1-3-5-16-17(22-12-26-19(16)24-13(2)25-26)10-15-7-9-23-27(15)18-14(11-20)6-4-8-21-18/h4,6,8-9,12,15H,3,5,7,10H2,1-2H3. The van der Waals surface area contributed by atoms with Gasteiger partial charge in [-0.05, 0) is 25.5 Å². The third-order valence-corrected chi connectivity index (χ3v) is 4.66. The van der Waals surface area contributed by atoms with Crippen LogP contribution in [0.3, 0.4) is 0 Å². The second-order valence-corrected chi connectivity index (χ2v) is 6.57. The number of hydrogen-bond acceptors (Lipinski definition) is 7. The molecule has 8 heteroatoms. The van der Waals surface area contributed by atoms with Crippen LogP contribution in [0.4, 0.5) is 5.82 Å². The quantitative estimate of drug-likeness (QED) is 0.693. The van der Waals surface area contributed by atoms with Gasteiger partial charge in [-0.1, -0.05) is 13.3 Å². The molecule has 0 fully saturated rings. The van der Waals surface area contributed by atoms with Crippen molar-refractivity contribution in [1.29, 1.82) is 5.26 Å². The Hall–Kier alpha value is -3.34. The van der Waals surface area contributed by atoms with Gasteiger partial charge in [0, 0.05) is 30.8 Å². The number of pyridine rings is 1. The molecule has 27 heavy (non-hydrogen) atoms. The van der Waals surface area contributed by atoms with E-state index in [1.807, 2.05) is 18.1 Å². The maximum atomic E-state index is 9.39. The Morgan fingerprint density at radius 1 is 1.33 bits per heavy atom. The number of hydrogen-bond donors (Lipinski definition) is 0. The maximum absolute atomic E-state index is 9.39. The summed E-state index contributed by atoms with van der Waals surface area (Å²) in [7, 11) is 0. The topological polar surface area (TPSA) is 95.4 Å². The van der Waals surface area contributed by atoms with E-state index in [1.54, 1.807) is 29.2 Å². The lowest BCUT2D eigenvalue weighted by Gasteiger charge is -2.24. The smallest absolute Gasteiger partial charge is 0.167 e. The van der Waals surface area contributed by atoms with E-state index in [2.05, 4.69) is 38.1 Å². The predicted octanol–water partition coefficient (Wildman–Crippen LogP) is 2.46. The van der Waals surface area contributed by atoms with Crippen LogP contribution in [0.1, 0.15) is 42.4 Å². The van der Waals surface area contributed by atoms with Gasteiger partial charge in [-0.15, -0.1) is 0 Å². The van der Waals surface area contributed by atoms with Crippen LogP contribution in [0.2, 0.25) is 0 Å². The maximum Gasteiger partial charge on any atom is 0.167 e. The summed E-state index contributed by atoms with van der Waals surface area (Å²) in [5.74, 6) is 1.33. The molecule has 0 saturated carbocycles. The van der Waals surface area contributed by atoms with Gasteiger partial charge < -0.3 is 0 Å². The molecule has 1 aliphatic heterocycles. The zero-order chi connectivity index (χ0) is 18.8. The molecule has 0 N–H and O–H groups in total. The minimum absolute atomic E-state index is 0.0709. The number of fused-ring (bicyclic) bond motifs is 1. The van der Waals surface area contributed by atoms with E-state index in [-0.39, 0.29) is 6.04 Å². The molecule has 1 unspecified atom stereocenters. The highest BCUT2D eigenvalue weighted by Gasteiger charge is 2.27. The largest absolute Gasteiger partial charge is 0.243 e. The van der Waals surface area contributed by atoms with Crippen LogP contribution < -0.4 is 5.01 Å². The van der Waals surface area contributed by atoms with Crippen LogP contribution in [0.25, 0.3) is 5.65 Å². The summed E-state index contributed by atoms with van der Waals surface area (Å²) >= 11 is 0. The summed E-state index contributed by atoms with van der Waals surface area (Å²) in [5, 5.41) is 20.1. The molecule has 0 aliphatic carbocycles. The summed E-state index contributed by atoms with van der Waals surface area (Å²) in [6, 6.07) is 5.80. The van der Waals surface area contributed by atoms with Crippen molar-refractivity contribution in [3.05, 3.63) is 47.3 Å². The van der Waals surface area contributed by atoms with Gasteiger partial charge in [0.25, 0.3) is 0 Å². The Balaban J connectivity index is 1.69. The van der Waals surface area contributed by atoms with Gasteiger partial charge in [0.15, 0.2) is 11.5 Å². The molecular weight excluding hydrogens is 340 g/mol. The SMILES string of the molecule is CCCc1c(CC2CC=NN2c2ncccc2C#N)ncn2nc(C)nc12. The first-order chi connectivity index (χ1) is 13.2. The van der Waals surface area contributed by atoms with E-state index in [9.17, 15) is 5.26 Å². The van der Waals surface area contributed by atoms with E-state index in [1.165, 1.54) is 0 Å². The van der Waals surface area contributed by atoms with Gasteiger partial charge in [-0.2, -0.15) is 15.5 Å². The monoisotopic (exact) mass is 360 g/mol. The van der Waals surface area contributed by atoms with Gasteiger partial charge >= 0.3 is 0 Å². The fourth-order valence-corrected chi connectivity index (χ4v) is 3.47. The Morgan fingerprint density at radius 3 is 3.04 bits per heavy atom. The second-order valence-electron chi connectivity index (χ2n) is 6.57. The third-order valence-electron chi connectivity index (χ3n) is 4.66. The highest BCUT2D eigenvalue weighted by atomic mass is 15.5. The molecular formula is C19H20N8. The lowest BCUT2D eigenvalue weighted by molar-refractivity contribution is 0.632. The van der Waals surface area contributed by atoms with E-state index in [0.29, 0.717) is 17.8 Å². The summed E-state index contributed by atoms with van der Waals surface area (Å²) < 4.78 is 1.75. The molecule has 1 aliphatic rings. The number of aromatic nitrogens is 5. The third kappa shape index (κ3) is 3.12. The Kier molecular flexibility index (Phi) is 4.50. The van der Waals surface area contributed by atoms with Crippen LogP contribution >= 0.6 is 0 Å². The molecule has 0 spiro atoms. The Bertz CT molecular complexity index is 1050. The summed E-state index contributed by atoms with van der Waals surface area (Å²) in [6.07, 6.45) is 8.68. The molecule has 0 amide bonds. The number of aryl methyl sites for hydroxylation is 2. The van der Waals surface area contributed by atoms with E-state index in [0.717, 1.165) is 42.0 Å². The normalized spacial score (nSPS) is 16.2. The fraction of sp³-hybridized carbons (Fsp3) is 0.368. The van der Waals surface area contributed by atoms with Crippen molar-refractivity contribution in [1.82, 2.24) is 24.6 Å². The van der Waals surface area contributed by atoms with Crippen molar-refractivity contribution in [3.63, 3.8) is 0 Å². The van der Waals surface area contributed by atoms with Gasteiger partial charge in [0.05, 0.1) is 17.3 Å². The molecule has 0 radical (unpaired) electrons. The number of nitriles is 1. The fourth-order valence-electron chi connectivity index (χ4n) is 3.47. The van der Waals surface area contributed by atoms with Crippen LogP contribution in [0.15, 0.2) is 29.8 Å². The number of hydrazone groups is 1. The van der Waals surface area contributed by atoms with Crippen LogP contribution in [-0.2, 0) is 12.8 Å². The molecule has 3 aromatic heterocycles. The first kappa shape index (κ1) is 17.1. The van der Waals surface area contributed by atoms with Crippen molar-refractivity contribution in [2.24, 2.45) is 5.10 Å². The average Bonchev–Trinajstić information content (AvgIpc) is 3.29. The molecule has 4 rings (SSSR count). The summed E-state index contributed by atoms with van der Waals surface area (Å²) in [4.78, 5) is 13.6. The van der Waals surface area contributed by atoms with Crippen LogP contribution in [0.5, 0.6) is 0 Å². The minimum atomic E-state index is 0.0709. The zero-order valence-corrected chi connectivity index (χ0v) is 15.4. The molecule has 1 atom stereocenters. The molecule has 0 saturated heterocycles. The second kappa shape index (κ2) is 7.11. The van der Waals surface area contributed by atoms with Crippen molar-refractivity contribution in [2.75, 3.05) is 5.01 Å². The number of anilines is 1. The van der Waals surface area contributed by atoms with Gasteiger partial charge in [0.2, 0.25) is 0 Å². The average molecular weight is 360 g/mol. The highest BCUT2D eigenvalue weighted by Crippen LogP contribution is 2.27. The molecule has 3 aromatic rings. The number of nitrogens with zero attached hydrogens (tertiary/aromatic N) is 8. The summed E-state index contributed by atoms with van der Waals surface area (Å²) in [6.45, 7) is 4.04. The first-order valence-corrected chi connectivity index (χ1v) is 9.07. The van der Waals surface area contributed by atoms with Gasteiger partial charge in [0.1, 0.15) is 18.2 Å². The number of rotatable bonds is 5. The van der Waals surface area contributed by atoms with Crippen molar-refractivity contribution >= 4 is 17.7 Å². The molecule has 0 bridgehead atoms. The van der Waals surface area contributed by atoms with E-state index >= 15 is 0 Å². The predicted molar refractivity (Wildman–Crippen MR) is 102 cm³/mol. The zero-order valence-electron chi connectivity index (χ0n) is 15.4. The Labute approximate surface area is 157 Å². The van der Waals surface area contributed by atoms with E-state index in [4.69, 9.17) is 0 Å². The lowest BCUT2D eigenvalue weighted by atomic mass is 10.0. The van der Waals surface area contributed by atoms with Gasteiger partial charge in [-0.25, -0.2) is 24.5 Å². The molecule has 136 valence electrons. The minimum Gasteiger partial charge on any atom is -0.243 e. The molecule has 0 aromatic carbocycles. The van der Waals surface area contributed by atoms with Crippen molar-refractivity contribution in [2.45, 2.75) is 45.6 Å². The lowest BCUT2D eigenvalue weighted by Crippen LogP contribution is -2.30. The van der Waals surface area contributed by atoms with Crippen molar-refractivity contribution in [3.8, 4) is 6.07 Å². The van der Waals surface area contributed by atoms with Crippen LogP contribution in [-0.4, -0.2) is 36.8 Å². The first-order valence-electron chi connectivity index (χ1n) is 9.07. The van der Waals surface area contributed by atoms with Gasteiger partial charge in [-0.3, -0.25) is 0 Å². The molecule has 4 heterocycles. The summed E-state index contributed by atoms with van der Waals surface area (Å²) in [5.41, 5.74) is 3.54. The highest BCUT2D eigenvalue weighted by molar-refractivity contribution is 5.68.